The highest BCUT2D eigenvalue weighted by molar-refractivity contribution is 7.89. The molecule has 0 aliphatic heterocycles. The molecule has 3 rings (SSSR count). The molecular formula is C22H39N3O2S. The summed E-state index contributed by atoms with van der Waals surface area (Å²) < 4.78 is 32.0. The molecular weight excluding hydrogens is 370 g/mol. The van der Waals surface area contributed by atoms with E-state index >= 15 is 0 Å². The number of hydrogen-bond donors (Lipinski definition) is 0. The number of aromatic nitrogens is 2. The van der Waals surface area contributed by atoms with Gasteiger partial charge in [0.2, 0.25) is 10.0 Å². The van der Waals surface area contributed by atoms with Crippen molar-refractivity contribution in [1.29, 1.82) is 0 Å². The topological polar surface area (TPSA) is 55.2 Å². The summed E-state index contributed by atoms with van der Waals surface area (Å²) in [7, 11) is -3.58. The van der Waals surface area contributed by atoms with Crippen LogP contribution in [0.3, 0.4) is 0 Å². The zero-order chi connectivity index (χ0) is 20.5. The lowest BCUT2D eigenvalue weighted by Gasteiger charge is -2.40. The molecule has 2 fully saturated rings. The highest BCUT2D eigenvalue weighted by Gasteiger charge is 2.41. The molecule has 0 aromatic carbocycles. The fourth-order valence-corrected chi connectivity index (χ4v) is 7.09. The van der Waals surface area contributed by atoms with Crippen molar-refractivity contribution in [1.82, 2.24) is 14.1 Å². The second-order valence-corrected chi connectivity index (χ2v) is 11.9. The van der Waals surface area contributed by atoms with Gasteiger partial charge >= 0.3 is 0 Å². The first-order valence-electron chi connectivity index (χ1n) is 11.3. The first kappa shape index (κ1) is 21.8. The summed E-state index contributed by atoms with van der Waals surface area (Å²) in [6.07, 6.45) is 12.8. The lowest BCUT2D eigenvalue weighted by Crippen LogP contribution is -2.49. The molecule has 0 atom stereocenters. The molecule has 0 amide bonds. The zero-order valence-electron chi connectivity index (χ0n) is 18.4. The smallest absolute Gasteiger partial charge is 0.247 e. The van der Waals surface area contributed by atoms with Gasteiger partial charge in [0.05, 0.1) is 5.69 Å². The summed E-state index contributed by atoms with van der Waals surface area (Å²) in [5.41, 5.74) is 0.394. The van der Waals surface area contributed by atoms with Crippen LogP contribution in [0.15, 0.2) is 11.1 Å². The number of hydrogen-bond acceptors (Lipinski definition) is 3. The Hall–Kier alpha value is -0.880. The number of sulfonamides is 1. The van der Waals surface area contributed by atoms with Gasteiger partial charge in [-0.25, -0.2) is 8.42 Å². The molecule has 2 aliphatic rings. The third kappa shape index (κ3) is 4.48. The van der Waals surface area contributed by atoms with Crippen molar-refractivity contribution in [3.63, 3.8) is 0 Å². The van der Waals surface area contributed by atoms with Crippen molar-refractivity contribution in [2.75, 3.05) is 0 Å². The Morgan fingerprint density at radius 2 is 1.43 bits per heavy atom. The predicted octanol–water partition coefficient (Wildman–Crippen LogP) is 5.42. The molecule has 0 unspecified atom stereocenters. The van der Waals surface area contributed by atoms with E-state index in [4.69, 9.17) is 5.10 Å². The van der Waals surface area contributed by atoms with Crippen LogP contribution in [0, 0.1) is 0 Å². The van der Waals surface area contributed by atoms with E-state index in [0.29, 0.717) is 10.6 Å². The Kier molecular flexibility index (Phi) is 6.60. The van der Waals surface area contributed by atoms with Crippen molar-refractivity contribution in [3.05, 3.63) is 11.9 Å². The molecule has 28 heavy (non-hydrogen) atoms. The first-order valence-corrected chi connectivity index (χ1v) is 12.7. The maximum absolute atomic E-state index is 14.1. The van der Waals surface area contributed by atoms with Gasteiger partial charge in [0.25, 0.3) is 0 Å². The van der Waals surface area contributed by atoms with Crippen LogP contribution in [0.25, 0.3) is 0 Å². The van der Waals surface area contributed by atoms with Gasteiger partial charge in [0.15, 0.2) is 0 Å². The molecule has 2 aliphatic carbocycles. The van der Waals surface area contributed by atoms with Gasteiger partial charge in [-0.05, 0) is 39.5 Å². The molecule has 0 saturated heterocycles. The second kappa shape index (κ2) is 8.47. The number of rotatable bonds is 5. The minimum atomic E-state index is -3.58. The predicted molar refractivity (Wildman–Crippen MR) is 114 cm³/mol. The van der Waals surface area contributed by atoms with E-state index < -0.39 is 10.0 Å². The van der Waals surface area contributed by atoms with E-state index in [-0.39, 0.29) is 23.5 Å². The summed E-state index contributed by atoms with van der Waals surface area (Å²) in [6, 6.07) is 0.442. The summed E-state index contributed by atoms with van der Waals surface area (Å²) in [5.74, 6) is 0. The first-order chi connectivity index (χ1) is 13.1. The van der Waals surface area contributed by atoms with E-state index in [1.54, 1.807) is 6.20 Å². The van der Waals surface area contributed by atoms with Crippen LogP contribution in [-0.2, 0) is 15.4 Å². The quantitative estimate of drug-likeness (QED) is 0.652. The number of nitrogens with zero attached hydrogens (tertiary/aromatic N) is 3. The van der Waals surface area contributed by atoms with Gasteiger partial charge < -0.3 is 0 Å². The van der Waals surface area contributed by atoms with E-state index in [0.717, 1.165) is 51.4 Å². The van der Waals surface area contributed by atoms with Gasteiger partial charge in [0.1, 0.15) is 4.90 Å². The van der Waals surface area contributed by atoms with Crippen molar-refractivity contribution in [2.45, 2.75) is 127 Å². The maximum atomic E-state index is 14.1. The van der Waals surface area contributed by atoms with Crippen LogP contribution in [0.4, 0.5) is 0 Å². The molecule has 0 N–H and O–H groups in total. The molecule has 0 radical (unpaired) electrons. The molecule has 0 bridgehead atoms. The Balaban J connectivity index is 2.08. The normalized spacial score (nSPS) is 21.0. The lowest BCUT2D eigenvalue weighted by molar-refractivity contribution is 0.169. The Morgan fingerprint density at radius 3 is 1.82 bits per heavy atom. The van der Waals surface area contributed by atoms with E-state index in [2.05, 4.69) is 34.6 Å². The Morgan fingerprint density at radius 1 is 0.964 bits per heavy atom. The van der Waals surface area contributed by atoms with Crippen molar-refractivity contribution < 1.29 is 8.42 Å². The molecule has 1 heterocycles. The maximum Gasteiger partial charge on any atom is 0.247 e. The van der Waals surface area contributed by atoms with Gasteiger partial charge in [-0.15, -0.1) is 0 Å². The second-order valence-electron chi connectivity index (χ2n) is 10.1. The fraction of sp³-hybridized carbons (Fsp3) is 0.864. The van der Waals surface area contributed by atoms with E-state index in [1.807, 2.05) is 8.99 Å². The molecule has 1 aromatic rings. The summed E-state index contributed by atoms with van der Waals surface area (Å²) in [4.78, 5) is 0.435. The van der Waals surface area contributed by atoms with Gasteiger partial charge in [0, 0.05) is 29.7 Å². The standard InChI is InChI=1S/C22H39N3O2S/c1-17(2)24-16-20(21(23-24)22(3,4)5)28(26,27)25(18-12-8-6-9-13-18)19-14-10-7-11-15-19/h16-19H,6-15H2,1-5H3. The fourth-order valence-electron chi connectivity index (χ4n) is 4.82. The molecule has 1 aromatic heterocycles. The lowest BCUT2D eigenvalue weighted by atomic mass is 9.91. The average molecular weight is 410 g/mol. The molecule has 160 valence electrons. The molecule has 0 spiro atoms. The summed E-state index contributed by atoms with van der Waals surface area (Å²) in [6.45, 7) is 10.3. The molecule has 6 heteroatoms. The van der Waals surface area contributed by atoms with Crippen LogP contribution in [-0.4, -0.2) is 34.6 Å². The van der Waals surface area contributed by atoms with Crippen molar-refractivity contribution in [2.24, 2.45) is 0 Å². The van der Waals surface area contributed by atoms with E-state index in [9.17, 15) is 8.42 Å². The van der Waals surface area contributed by atoms with Crippen LogP contribution < -0.4 is 0 Å². The minimum Gasteiger partial charge on any atom is -0.269 e. The molecule has 2 saturated carbocycles. The largest absolute Gasteiger partial charge is 0.269 e. The monoisotopic (exact) mass is 409 g/mol. The highest BCUT2D eigenvalue weighted by atomic mass is 32.2. The van der Waals surface area contributed by atoms with Gasteiger partial charge in [-0.3, -0.25) is 4.68 Å². The summed E-state index contributed by atoms with van der Waals surface area (Å²) in [5, 5.41) is 4.73. The highest BCUT2D eigenvalue weighted by Crippen LogP contribution is 2.37. The average Bonchev–Trinajstić information content (AvgIpc) is 3.11. The van der Waals surface area contributed by atoms with Crippen molar-refractivity contribution >= 4 is 10.0 Å². The van der Waals surface area contributed by atoms with Crippen LogP contribution >= 0.6 is 0 Å². The zero-order valence-corrected chi connectivity index (χ0v) is 19.3. The van der Waals surface area contributed by atoms with Gasteiger partial charge in [-0.1, -0.05) is 59.3 Å². The third-order valence-electron chi connectivity index (χ3n) is 6.36. The van der Waals surface area contributed by atoms with E-state index in [1.165, 1.54) is 12.8 Å². The van der Waals surface area contributed by atoms with Crippen LogP contribution in [0.2, 0.25) is 0 Å². The molecule has 5 nitrogen and oxygen atoms in total. The SMILES string of the molecule is CC(C)n1cc(S(=O)(=O)N(C2CCCCC2)C2CCCCC2)c(C(C)(C)C)n1. The summed E-state index contributed by atoms with van der Waals surface area (Å²) >= 11 is 0. The van der Waals surface area contributed by atoms with Crippen LogP contribution in [0.1, 0.15) is 111 Å². The van der Waals surface area contributed by atoms with Crippen molar-refractivity contribution in [3.8, 4) is 0 Å². The Bertz CT molecular complexity index is 731. The minimum absolute atomic E-state index is 0.142. The Labute approximate surface area is 171 Å². The van der Waals surface area contributed by atoms with Crippen LogP contribution in [0.5, 0.6) is 0 Å². The third-order valence-corrected chi connectivity index (χ3v) is 8.37. The van der Waals surface area contributed by atoms with Gasteiger partial charge in [-0.2, -0.15) is 9.40 Å².